The normalized spacial score (nSPS) is 24.8. The smallest absolute Gasteiger partial charge is 0.272 e. The SMILES string of the molecule is O=C(c1ccc(F)cn1)N1CCC2(CC(O)c3cc(-c4ccccc4C4(O)CC4)ccc32)C1. The number of hydrogen-bond acceptors (Lipinski definition) is 4. The van der Waals surface area contributed by atoms with Crippen molar-refractivity contribution >= 4 is 5.91 Å². The molecular weight excluding hydrogens is 419 g/mol. The molecule has 33 heavy (non-hydrogen) atoms. The number of aliphatic hydroxyl groups is 2. The van der Waals surface area contributed by atoms with E-state index in [0.29, 0.717) is 19.5 Å². The molecule has 6 rings (SSSR count). The number of hydrogen-bond donors (Lipinski definition) is 2. The lowest BCUT2D eigenvalue weighted by Gasteiger charge is -2.25. The molecule has 2 aliphatic carbocycles. The lowest BCUT2D eigenvalue weighted by molar-refractivity contribution is 0.0770. The van der Waals surface area contributed by atoms with E-state index in [0.717, 1.165) is 53.3 Å². The molecule has 1 saturated heterocycles. The van der Waals surface area contributed by atoms with E-state index in [1.165, 1.54) is 12.1 Å². The minimum atomic E-state index is -0.740. The zero-order valence-corrected chi connectivity index (χ0v) is 18.2. The average molecular weight is 445 g/mol. The molecule has 0 radical (unpaired) electrons. The van der Waals surface area contributed by atoms with Gasteiger partial charge in [-0.15, -0.1) is 0 Å². The maximum absolute atomic E-state index is 13.2. The van der Waals surface area contributed by atoms with Crippen LogP contribution < -0.4 is 0 Å². The Kier molecular flexibility index (Phi) is 4.48. The number of pyridine rings is 1. The molecule has 3 aliphatic rings. The first-order valence-corrected chi connectivity index (χ1v) is 11.4. The summed E-state index contributed by atoms with van der Waals surface area (Å²) in [6, 6.07) is 16.8. The molecule has 2 unspecified atom stereocenters. The highest BCUT2D eigenvalue weighted by Crippen LogP contribution is 2.52. The van der Waals surface area contributed by atoms with Crippen LogP contribution in [-0.2, 0) is 11.0 Å². The number of carbonyl (C=O) groups is 1. The van der Waals surface area contributed by atoms with Gasteiger partial charge in [0.15, 0.2) is 0 Å². The Morgan fingerprint density at radius 1 is 1.06 bits per heavy atom. The first kappa shape index (κ1) is 20.5. The van der Waals surface area contributed by atoms with Gasteiger partial charge in [-0.25, -0.2) is 9.37 Å². The summed E-state index contributed by atoms with van der Waals surface area (Å²) in [6.45, 7) is 1.08. The molecule has 1 spiro atoms. The van der Waals surface area contributed by atoms with E-state index < -0.39 is 17.5 Å². The maximum atomic E-state index is 13.2. The number of carbonyl (C=O) groups excluding carboxylic acids is 1. The second-order valence-electron chi connectivity index (χ2n) is 9.72. The third-order valence-corrected chi connectivity index (χ3v) is 7.62. The number of rotatable bonds is 3. The fourth-order valence-electron chi connectivity index (χ4n) is 5.70. The van der Waals surface area contributed by atoms with Gasteiger partial charge in [0.2, 0.25) is 0 Å². The molecule has 1 aliphatic heterocycles. The lowest BCUT2D eigenvalue weighted by atomic mass is 9.80. The number of aromatic nitrogens is 1. The molecule has 2 fully saturated rings. The molecule has 1 saturated carbocycles. The molecule has 168 valence electrons. The quantitative estimate of drug-likeness (QED) is 0.638. The Hall–Kier alpha value is -3.09. The van der Waals surface area contributed by atoms with E-state index in [1.54, 1.807) is 4.90 Å². The predicted octanol–water partition coefficient (Wildman–Crippen LogP) is 4.09. The standard InChI is InChI=1S/C27H25FN2O3/c28-18-6-8-23(29-15-18)25(32)30-12-11-26(16-30)14-24(31)20-13-17(5-7-21(20)26)19-3-1-2-4-22(19)27(33)9-10-27/h1-8,13,15,24,31,33H,9-12,14,16H2. The van der Waals surface area contributed by atoms with Gasteiger partial charge in [0.05, 0.1) is 17.9 Å². The van der Waals surface area contributed by atoms with E-state index in [9.17, 15) is 19.4 Å². The summed E-state index contributed by atoms with van der Waals surface area (Å²) in [5.74, 6) is -0.679. The topological polar surface area (TPSA) is 73.7 Å². The van der Waals surface area contributed by atoms with Crippen molar-refractivity contribution < 1.29 is 19.4 Å². The largest absolute Gasteiger partial charge is 0.388 e. The fourth-order valence-corrected chi connectivity index (χ4v) is 5.70. The second kappa shape index (κ2) is 7.20. The summed E-state index contributed by atoms with van der Waals surface area (Å²) < 4.78 is 13.2. The Morgan fingerprint density at radius 2 is 1.88 bits per heavy atom. The molecule has 5 nitrogen and oxygen atoms in total. The Labute approximate surface area is 191 Å². The van der Waals surface area contributed by atoms with E-state index in [-0.39, 0.29) is 17.0 Å². The van der Waals surface area contributed by atoms with E-state index in [1.807, 2.05) is 30.3 Å². The Balaban J connectivity index is 1.31. The van der Waals surface area contributed by atoms with Crippen LogP contribution in [0.2, 0.25) is 0 Å². The van der Waals surface area contributed by atoms with Crippen molar-refractivity contribution in [1.82, 2.24) is 9.88 Å². The predicted molar refractivity (Wildman–Crippen MR) is 121 cm³/mol. The van der Waals surface area contributed by atoms with Crippen LogP contribution in [0.4, 0.5) is 4.39 Å². The van der Waals surface area contributed by atoms with Gasteiger partial charge in [0.25, 0.3) is 5.91 Å². The highest BCUT2D eigenvalue weighted by atomic mass is 19.1. The molecule has 2 aromatic carbocycles. The van der Waals surface area contributed by atoms with Crippen LogP contribution >= 0.6 is 0 Å². The van der Waals surface area contributed by atoms with Gasteiger partial charge in [-0.05, 0) is 71.7 Å². The Bertz CT molecular complexity index is 1250. The third kappa shape index (κ3) is 3.28. The van der Waals surface area contributed by atoms with Gasteiger partial charge in [0, 0.05) is 18.5 Å². The summed E-state index contributed by atoms with van der Waals surface area (Å²) in [5, 5.41) is 21.7. The fraction of sp³-hybridized carbons (Fsp3) is 0.333. The molecule has 6 heteroatoms. The Morgan fingerprint density at radius 3 is 2.64 bits per heavy atom. The van der Waals surface area contributed by atoms with Crippen molar-refractivity contribution in [2.24, 2.45) is 0 Å². The number of amides is 1. The molecule has 2 heterocycles. The van der Waals surface area contributed by atoms with Gasteiger partial charge in [0.1, 0.15) is 11.5 Å². The number of benzene rings is 2. The molecule has 3 aromatic rings. The highest BCUT2D eigenvalue weighted by Gasteiger charge is 2.49. The minimum Gasteiger partial charge on any atom is -0.388 e. The highest BCUT2D eigenvalue weighted by molar-refractivity contribution is 5.92. The van der Waals surface area contributed by atoms with Crippen molar-refractivity contribution in [2.75, 3.05) is 13.1 Å². The monoisotopic (exact) mass is 444 g/mol. The summed E-state index contributed by atoms with van der Waals surface area (Å²) in [6.07, 6.45) is 3.33. The molecule has 1 aromatic heterocycles. The number of fused-ring (bicyclic) bond motifs is 2. The molecule has 1 amide bonds. The summed E-state index contributed by atoms with van der Waals surface area (Å²) in [4.78, 5) is 18.6. The summed E-state index contributed by atoms with van der Waals surface area (Å²) in [7, 11) is 0. The van der Waals surface area contributed by atoms with Crippen molar-refractivity contribution in [3.05, 3.63) is 89.0 Å². The lowest BCUT2D eigenvalue weighted by Crippen LogP contribution is -2.33. The number of likely N-dealkylation sites (tertiary alicyclic amines) is 1. The number of aliphatic hydroxyl groups excluding tert-OH is 1. The first-order valence-electron chi connectivity index (χ1n) is 11.4. The van der Waals surface area contributed by atoms with Gasteiger partial charge >= 0.3 is 0 Å². The average Bonchev–Trinajstić information content (AvgIpc) is 3.34. The van der Waals surface area contributed by atoms with Gasteiger partial charge in [-0.1, -0.05) is 36.4 Å². The van der Waals surface area contributed by atoms with E-state index in [4.69, 9.17) is 0 Å². The zero-order chi connectivity index (χ0) is 22.8. The van der Waals surface area contributed by atoms with Crippen LogP contribution in [0.15, 0.2) is 60.8 Å². The van der Waals surface area contributed by atoms with Crippen molar-refractivity contribution in [3.8, 4) is 11.1 Å². The van der Waals surface area contributed by atoms with E-state index >= 15 is 0 Å². The zero-order valence-electron chi connectivity index (χ0n) is 18.2. The van der Waals surface area contributed by atoms with Crippen LogP contribution in [-0.4, -0.2) is 39.1 Å². The van der Waals surface area contributed by atoms with Crippen molar-refractivity contribution in [3.63, 3.8) is 0 Å². The first-order chi connectivity index (χ1) is 15.9. The summed E-state index contributed by atoms with van der Waals surface area (Å²) in [5.41, 5.74) is 4.12. The van der Waals surface area contributed by atoms with E-state index in [2.05, 4.69) is 17.1 Å². The molecule has 2 N–H and O–H groups in total. The van der Waals surface area contributed by atoms with Gasteiger partial charge < -0.3 is 15.1 Å². The number of nitrogens with zero attached hydrogens (tertiary/aromatic N) is 2. The second-order valence-corrected chi connectivity index (χ2v) is 9.72. The van der Waals surface area contributed by atoms with Crippen LogP contribution in [0, 0.1) is 5.82 Å². The van der Waals surface area contributed by atoms with Gasteiger partial charge in [-0.2, -0.15) is 0 Å². The maximum Gasteiger partial charge on any atom is 0.272 e. The summed E-state index contributed by atoms with van der Waals surface area (Å²) >= 11 is 0. The van der Waals surface area contributed by atoms with Crippen LogP contribution in [0.3, 0.4) is 0 Å². The van der Waals surface area contributed by atoms with Gasteiger partial charge in [-0.3, -0.25) is 4.79 Å². The van der Waals surface area contributed by atoms with Crippen LogP contribution in [0.5, 0.6) is 0 Å². The van der Waals surface area contributed by atoms with Crippen LogP contribution in [0.1, 0.15) is 59.0 Å². The minimum absolute atomic E-state index is 0.210. The number of halogens is 1. The third-order valence-electron chi connectivity index (χ3n) is 7.62. The van der Waals surface area contributed by atoms with Crippen LogP contribution in [0.25, 0.3) is 11.1 Å². The molecular formula is C27H25FN2O3. The van der Waals surface area contributed by atoms with Crippen molar-refractivity contribution in [2.45, 2.75) is 42.8 Å². The molecule has 2 atom stereocenters. The van der Waals surface area contributed by atoms with Crippen molar-refractivity contribution in [1.29, 1.82) is 0 Å². The molecule has 0 bridgehead atoms.